The molecule has 1 aromatic carbocycles. The molecular weight excluding hydrogens is 390 g/mol. The van der Waals surface area contributed by atoms with Crippen molar-refractivity contribution < 1.29 is 31.3 Å². The molecule has 0 radical (unpaired) electrons. The van der Waals surface area contributed by atoms with Crippen LogP contribution in [0.15, 0.2) is 24.3 Å². The Labute approximate surface area is 129 Å². The van der Waals surface area contributed by atoms with Gasteiger partial charge in [-0.15, -0.1) is 0 Å². The summed E-state index contributed by atoms with van der Waals surface area (Å²) >= 11 is -2.83. The van der Waals surface area contributed by atoms with E-state index in [0.29, 0.717) is 0 Å². The Morgan fingerprint density at radius 3 is 2.43 bits per heavy atom. The average Bonchev–Trinajstić information content (AvgIpc) is 2.90. The topological polar surface area (TPSA) is 116 Å². The van der Waals surface area contributed by atoms with Gasteiger partial charge in [-0.2, -0.15) is 0 Å². The predicted molar refractivity (Wildman–Crippen MR) is 73.0 cm³/mol. The van der Waals surface area contributed by atoms with Gasteiger partial charge in [-0.1, -0.05) is 0 Å². The zero-order valence-corrected chi connectivity index (χ0v) is 13.8. The number of hydrogen-bond acceptors (Lipinski definition) is 6. The number of carboxylic acid groups (broad SMARTS) is 1. The molecule has 0 bridgehead atoms. The van der Waals surface area contributed by atoms with Crippen LogP contribution in [0.2, 0.25) is 0 Å². The number of carboxylic acids is 1. The first-order chi connectivity index (χ1) is 9.93. The van der Waals surface area contributed by atoms with Crippen LogP contribution < -0.4 is 3.51 Å². The Morgan fingerprint density at radius 2 is 1.90 bits per heavy atom. The summed E-state index contributed by atoms with van der Waals surface area (Å²) in [6.07, 6.45) is -5.52. The van der Waals surface area contributed by atoms with E-state index in [9.17, 15) is 20.1 Å². The van der Waals surface area contributed by atoms with Gasteiger partial charge >= 0.3 is 130 Å². The second-order valence-corrected chi connectivity index (χ2v) is 8.91. The second kappa shape index (κ2) is 7.05. The Balaban J connectivity index is 2.13. The van der Waals surface area contributed by atoms with E-state index >= 15 is 0 Å². The molecule has 4 N–H and O–H groups in total. The van der Waals surface area contributed by atoms with E-state index in [0.717, 1.165) is 9.07 Å². The van der Waals surface area contributed by atoms with Crippen molar-refractivity contribution >= 4 is 30.5 Å². The number of aliphatic carboxylic acids is 1. The maximum absolute atomic E-state index is 10.7. The third kappa shape index (κ3) is 3.74. The quantitative estimate of drug-likeness (QED) is 0.429. The van der Waals surface area contributed by atoms with Crippen molar-refractivity contribution in [3.05, 3.63) is 29.8 Å². The summed E-state index contributed by atoms with van der Waals surface area (Å²) in [5.74, 6) is -1.55. The van der Waals surface area contributed by atoms with Crippen molar-refractivity contribution in [2.45, 2.75) is 31.3 Å². The molecule has 1 heterocycles. The van der Waals surface area contributed by atoms with Crippen LogP contribution >= 0.6 is 0 Å². The van der Waals surface area contributed by atoms with Gasteiger partial charge in [-0.3, -0.25) is 0 Å². The normalized spacial score (nSPS) is 25.7. The Morgan fingerprint density at radius 1 is 1.29 bits per heavy atom. The summed E-state index contributed by atoms with van der Waals surface area (Å²) < 4.78 is 12.2. The zero-order valence-electron chi connectivity index (χ0n) is 11.3. The number of hydrogen-bond donors (Lipinski definition) is 4. The Bertz CT molecular complexity index is 492. The first-order valence-corrected chi connectivity index (χ1v) is 9.70. The van der Waals surface area contributed by atoms with Crippen LogP contribution in [-0.4, -0.2) is 78.5 Å². The van der Waals surface area contributed by atoms with Crippen LogP contribution in [0.3, 0.4) is 0 Å². The fraction of sp³-hybridized carbons (Fsp3) is 0.462. The van der Waals surface area contributed by atoms with E-state index in [1.807, 2.05) is 31.2 Å². The molecule has 7 nitrogen and oxygen atoms in total. The summed E-state index contributed by atoms with van der Waals surface area (Å²) in [6, 6.07) is 7.51. The minimum atomic E-state index is -2.83. The van der Waals surface area contributed by atoms with Crippen LogP contribution in [0.4, 0.5) is 0 Å². The molecule has 0 spiro atoms. The van der Waals surface area contributed by atoms with E-state index in [2.05, 4.69) is 0 Å². The molecule has 1 aliphatic rings. The minimum absolute atomic E-state index is 0.416. The Kier molecular flexibility index (Phi) is 5.59. The SMILES string of the molecule is Cc1cc[c]([Sb]2[O]C([C@H](O)[C@H](O)C(=O)O)[C@@H](CO)[O]2)cc1. The molecule has 1 unspecified atom stereocenters. The molecule has 116 valence electrons. The molecule has 1 fully saturated rings. The summed E-state index contributed by atoms with van der Waals surface area (Å²) in [5.41, 5.74) is 1.08. The number of aliphatic hydroxyl groups excluding tert-OH is 3. The van der Waals surface area contributed by atoms with Crippen LogP contribution in [0.5, 0.6) is 0 Å². The van der Waals surface area contributed by atoms with Crippen LogP contribution in [-0.2, 0) is 10.8 Å². The summed E-state index contributed by atoms with van der Waals surface area (Å²) in [6.45, 7) is 1.53. The molecule has 4 atom stereocenters. The van der Waals surface area contributed by atoms with Crippen molar-refractivity contribution in [3.8, 4) is 0 Å². The molecule has 0 aliphatic carbocycles. The van der Waals surface area contributed by atoms with E-state index in [-0.39, 0.29) is 0 Å². The molecule has 0 amide bonds. The molecule has 1 aromatic rings. The van der Waals surface area contributed by atoms with E-state index in [1.165, 1.54) is 0 Å². The van der Waals surface area contributed by atoms with Crippen LogP contribution in [0.25, 0.3) is 0 Å². The summed E-state index contributed by atoms with van der Waals surface area (Å²) in [5, 5.41) is 37.3. The van der Waals surface area contributed by atoms with Gasteiger partial charge in [0, 0.05) is 0 Å². The van der Waals surface area contributed by atoms with Crippen molar-refractivity contribution in [1.29, 1.82) is 0 Å². The van der Waals surface area contributed by atoms with Crippen LogP contribution in [0, 0.1) is 6.92 Å². The van der Waals surface area contributed by atoms with E-state index in [4.69, 9.17) is 11.1 Å². The number of aliphatic hydroxyl groups is 3. The van der Waals surface area contributed by atoms with Gasteiger partial charge in [0.15, 0.2) is 0 Å². The molecule has 2 rings (SSSR count). The molecule has 1 saturated heterocycles. The van der Waals surface area contributed by atoms with Gasteiger partial charge in [-0.25, -0.2) is 0 Å². The second-order valence-electron chi connectivity index (χ2n) is 4.76. The van der Waals surface area contributed by atoms with E-state index in [1.54, 1.807) is 0 Å². The maximum atomic E-state index is 10.7. The summed E-state index contributed by atoms with van der Waals surface area (Å²) in [4.78, 5) is 10.7. The van der Waals surface area contributed by atoms with Crippen molar-refractivity contribution in [2.75, 3.05) is 6.61 Å². The van der Waals surface area contributed by atoms with Gasteiger partial charge in [0.05, 0.1) is 0 Å². The number of rotatable bonds is 5. The molecular formula is C13H17O7Sb. The summed E-state index contributed by atoms with van der Waals surface area (Å²) in [7, 11) is 0. The molecule has 0 aromatic heterocycles. The number of aryl methyl sites for hydroxylation is 1. The number of benzene rings is 1. The molecule has 0 saturated carbocycles. The van der Waals surface area contributed by atoms with Gasteiger partial charge in [0.25, 0.3) is 0 Å². The third-order valence-corrected chi connectivity index (χ3v) is 7.77. The van der Waals surface area contributed by atoms with Crippen LogP contribution in [0.1, 0.15) is 5.56 Å². The molecule has 21 heavy (non-hydrogen) atoms. The Hall–Kier alpha value is -0.692. The molecule has 1 aliphatic heterocycles. The van der Waals surface area contributed by atoms with Gasteiger partial charge < -0.3 is 0 Å². The fourth-order valence-electron chi connectivity index (χ4n) is 1.92. The molecule has 8 heteroatoms. The van der Waals surface area contributed by atoms with Gasteiger partial charge in [0.2, 0.25) is 0 Å². The number of carbonyl (C=O) groups is 1. The average molecular weight is 407 g/mol. The predicted octanol–water partition coefficient (Wildman–Crippen LogP) is -1.73. The van der Waals surface area contributed by atoms with E-state index < -0.39 is 58.0 Å². The van der Waals surface area contributed by atoms with Crippen molar-refractivity contribution in [1.82, 2.24) is 0 Å². The van der Waals surface area contributed by atoms with Crippen molar-refractivity contribution in [3.63, 3.8) is 0 Å². The fourth-order valence-corrected chi connectivity index (χ4v) is 6.49. The monoisotopic (exact) mass is 406 g/mol. The first kappa shape index (κ1) is 16.7. The van der Waals surface area contributed by atoms with Gasteiger partial charge in [-0.05, 0) is 0 Å². The first-order valence-electron chi connectivity index (χ1n) is 6.34. The van der Waals surface area contributed by atoms with Gasteiger partial charge in [0.1, 0.15) is 0 Å². The zero-order chi connectivity index (χ0) is 15.6. The standard InChI is InChI=1S/C7H7.C6H10O7.Sb/c1-7-5-3-2-4-6-7;7-1-2(8)3(9)4(10)5(11)6(12)13;/h3-6H,1H3;2-5,7,10-11H,1H2,(H,12,13);/q;-2;+2/t;2-,3?,4+,5+;/m.1./s1. The third-order valence-electron chi connectivity index (χ3n) is 3.15. The van der Waals surface area contributed by atoms with Crippen molar-refractivity contribution in [2.24, 2.45) is 0 Å².